The predicted octanol–water partition coefficient (Wildman–Crippen LogP) is 1.89. The molecule has 0 radical (unpaired) electrons. The van der Waals surface area contributed by atoms with E-state index in [-0.39, 0.29) is 30.9 Å². The second-order valence-corrected chi connectivity index (χ2v) is 7.77. The molecule has 1 aromatic carbocycles. The molecular formula is C19H24F3N3O4. The van der Waals surface area contributed by atoms with Crippen LogP contribution in [0.25, 0.3) is 0 Å². The Morgan fingerprint density at radius 3 is 2.48 bits per heavy atom. The second kappa shape index (κ2) is 9.15. The maximum Gasteiger partial charge on any atom is 0.407 e. The van der Waals surface area contributed by atoms with E-state index >= 15 is 0 Å². The lowest BCUT2D eigenvalue weighted by Gasteiger charge is -2.29. The van der Waals surface area contributed by atoms with Crippen LogP contribution >= 0.6 is 0 Å². The van der Waals surface area contributed by atoms with E-state index in [1.165, 1.54) is 4.90 Å². The quantitative estimate of drug-likeness (QED) is 0.719. The number of amides is 3. The summed E-state index contributed by atoms with van der Waals surface area (Å²) in [6.07, 6.45) is -1.38. The number of benzene rings is 1. The van der Waals surface area contributed by atoms with Gasteiger partial charge in [0.15, 0.2) is 11.6 Å². The van der Waals surface area contributed by atoms with Crippen molar-refractivity contribution < 1.29 is 32.3 Å². The van der Waals surface area contributed by atoms with Crippen molar-refractivity contribution in [1.82, 2.24) is 15.5 Å². The number of nitrogens with zero attached hydrogens (tertiary/aromatic N) is 1. The molecule has 0 aromatic heterocycles. The fourth-order valence-corrected chi connectivity index (χ4v) is 2.83. The molecule has 2 rings (SSSR count). The third kappa shape index (κ3) is 6.95. The number of carbonyl (C=O) groups excluding carboxylic acids is 3. The molecule has 1 aliphatic rings. The smallest absolute Gasteiger partial charge is 0.407 e. The molecule has 29 heavy (non-hydrogen) atoms. The number of ether oxygens (including phenoxy) is 1. The van der Waals surface area contributed by atoms with Crippen LogP contribution in [-0.2, 0) is 20.7 Å². The predicted molar refractivity (Wildman–Crippen MR) is 97.4 cm³/mol. The Hall–Kier alpha value is -2.78. The van der Waals surface area contributed by atoms with E-state index in [1.807, 2.05) is 0 Å². The van der Waals surface area contributed by atoms with Crippen molar-refractivity contribution in [1.29, 1.82) is 0 Å². The molecule has 0 bridgehead atoms. The summed E-state index contributed by atoms with van der Waals surface area (Å²) in [5.74, 6) is -4.32. The number of nitrogens with one attached hydrogen (secondary N) is 2. The first-order chi connectivity index (χ1) is 13.4. The van der Waals surface area contributed by atoms with Gasteiger partial charge in [0, 0.05) is 31.6 Å². The zero-order valence-corrected chi connectivity index (χ0v) is 16.5. The van der Waals surface area contributed by atoms with Gasteiger partial charge >= 0.3 is 6.09 Å². The summed E-state index contributed by atoms with van der Waals surface area (Å²) in [4.78, 5) is 37.5. The van der Waals surface area contributed by atoms with Crippen LogP contribution in [0.5, 0.6) is 0 Å². The van der Waals surface area contributed by atoms with E-state index in [4.69, 9.17) is 4.74 Å². The fourth-order valence-electron chi connectivity index (χ4n) is 2.83. The second-order valence-electron chi connectivity index (χ2n) is 7.77. The van der Waals surface area contributed by atoms with Gasteiger partial charge in [0.1, 0.15) is 11.4 Å². The van der Waals surface area contributed by atoms with Crippen LogP contribution in [-0.4, -0.2) is 54.1 Å². The van der Waals surface area contributed by atoms with Gasteiger partial charge in [0.2, 0.25) is 11.8 Å². The Balaban J connectivity index is 2.16. The average Bonchev–Trinajstić information content (AvgIpc) is 2.57. The molecular weight excluding hydrogens is 391 g/mol. The molecule has 10 heteroatoms. The molecule has 1 aromatic rings. The molecule has 0 saturated carbocycles. The third-order valence-electron chi connectivity index (χ3n) is 4.09. The Bertz CT molecular complexity index is 796. The molecule has 3 amide bonds. The monoisotopic (exact) mass is 415 g/mol. The SMILES string of the molecule is CC(C)(C)OC(=O)N[C@@H](CC(=O)N1CCNC(=O)C1)Cc1cc(F)c(F)cc1F. The van der Waals surface area contributed by atoms with E-state index in [9.17, 15) is 27.6 Å². The first-order valence-electron chi connectivity index (χ1n) is 9.12. The van der Waals surface area contributed by atoms with Crippen LogP contribution in [0, 0.1) is 17.5 Å². The molecule has 0 spiro atoms. The molecule has 0 unspecified atom stereocenters. The number of hydrogen-bond donors (Lipinski definition) is 2. The molecule has 0 aliphatic carbocycles. The lowest BCUT2D eigenvalue weighted by molar-refractivity contribution is -0.138. The molecule has 1 atom stereocenters. The van der Waals surface area contributed by atoms with E-state index in [1.54, 1.807) is 20.8 Å². The molecule has 2 N–H and O–H groups in total. The maximum absolute atomic E-state index is 14.0. The minimum atomic E-state index is -1.33. The van der Waals surface area contributed by atoms with E-state index < -0.39 is 41.1 Å². The first-order valence-corrected chi connectivity index (χ1v) is 9.12. The molecule has 1 aliphatic heterocycles. The van der Waals surface area contributed by atoms with Crippen molar-refractivity contribution in [3.8, 4) is 0 Å². The molecule has 160 valence electrons. The van der Waals surface area contributed by atoms with Gasteiger partial charge in [0.25, 0.3) is 0 Å². The topological polar surface area (TPSA) is 87.7 Å². The summed E-state index contributed by atoms with van der Waals surface area (Å²) >= 11 is 0. The normalized spacial score (nSPS) is 15.5. The highest BCUT2D eigenvalue weighted by molar-refractivity contribution is 5.86. The van der Waals surface area contributed by atoms with Crippen LogP contribution in [0.3, 0.4) is 0 Å². The molecule has 7 nitrogen and oxygen atoms in total. The van der Waals surface area contributed by atoms with Gasteiger partial charge in [-0.2, -0.15) is 0 Å². The van der Waals surface area contributed by atoms with Crippen LogP contribution in [0.1, 0.15) is 32.8 Å². The third-order valence-corrected chi connectivity index (χ3v) is 4.09. The van der Waals surface area contributed by atoms with Crippen molar-refractivity contribution in [2.45, 2.75) is 45.3 Å². The number of carbonyl (C=O) groups is 3. The van der Waals surface area contributed by atoms with Crippen LogP contribution < -0.4 is 10.6 Å². The Kier molecular flexibility index (Phi) is 7.10. The Morgan fingerprint density at radius 1 is 1.21 bits per heavy atom. The number of halogens is 3. The molecule has 1 heterocycles. The summed E-state index contributed by atoms with van der Waals surface area (Å²) in [5.41, 5.74) is -1.01. The zero-order valence-electron chi connectivity index (χ0n) is 16.5. The largest absolute Gasteiger partial charge is 0.444 e. The summed E-state index contributed by atoms with van der Waals surface area (Å²) < 4.78 is 45.9. The Labute approximate surface area is 166 Å². The highest BCUT2D eigenvalue weighted by atomic mass is 19.2. The maximum atomic E-state index is 14.0. The van der Waals surface area contributed by atoms with Gasteiger partial charge in [-0.3, -0.25) is 9.59 Å². The number of rotatable bonds is 5. The van der Waals surface area contributed by atoms with E-state index in [2.05, 4.69) is 10.6 Å². The number of piperazine rings is 1. The lowest BCUT2D eigenvalue weighted by Crippen LogP contribution is -2.51. The highest BCUT2D eigenvalue weighted by Crippen LogP contribution is 2.17. The van der Waals surface area contributed by atoms with Crippen molar-refractivity contribution >= 4 is 17.9 Å². The first kappa shape index (κ1) is 22.5. The number of hydrogen-bond acceptors (Lipinski definition) is 4. The van der Waals surface area contributed by atoms with Crippen molar-refractivity contribution in [2.75, 3.05) is 19.6 Å². The zero-order chi connectivity index (χ0) is 21.8. The Morgan fingerprint density at radius 2 is 1.86 bits per heavy atom. The summed E-state index contributed by atoms with van der Waals surface area (Å²) in [6, 6.07) is 0.140. The number of alkyl carbamates (subject to hydrolysis) is 1. The minimum Gasteiger partial charge on any atom is -0.444 e. The standard InChI is InChI=1S/C19H24F3N3O4/c1-19(2,3)29-18(28)24-12(6-11-7-14(21)15(22)9-13(11)20)8-17(27)25-5-4-23-16(26)10-25/h7,9,12H,4-6,8,10H2,1-3H3,(H,23,26)(H,24,28)/t12-/m1/s1. The minimum absolute atomic E-state index is 0.127. The van der Waals surface area contributed by atoms with Crippen molar-refractivity contribution in [3.05, 3.63) is 35.1 Å². The van der Waals surface area contributed by atoms with Crippen LogP contribution in [0.4, 0.5) is 18.0 Å². The van der Waals surface area contributed by atoms with Crippen molar-refractivity contribution in [3.63, 3.8) is 0 Å². The van der Waals surface area contributed by atoms with Gasteiger partial charge in [-0.1, -0.05) is 0 Å². The van der Waals surface area contributed by atoms with Gasteiger partial charge < -0.3 is 20.3 Å². The van der Waals surface area contributed by atoms with Gasteiger partial charge in [-0.25, -0.2) is 18.0 Å². The average molecular weight is 415 g/mol. The lowest BCUT2D eigenvalue weighted by atomic mass is 10.0. The van der Waals surface area contributed by atoms with Crippen LogP contribution in [0.2, 0.25) is 0 Å². The highest BCUT2D eigenvalue weighted by Gasteiger charge is 2.27. The van der Waals surface area contributed by atoms with Crippen LogP contribution in [0.15, 0.2) is 12.1 Å². The van der Waals surface area contributed by atoms with E-state index in [0.29, 0.717) is 25.2 Å². The fraction of sp³-hybridized carbons (Fsp3) is 0.526. The summed E-state index contributed by atoms with van der Waals surface area (Å²) in [6.45, 7) is 5.41. The van der Waals surface area contributed by atoms with E-state index in [0.717, 1.165) is 0 Å². The molecule has 1 saturated heterocycles. The van der Waals surface area contributed by atoms with Gasteiger partial charge in [-0.15, -0.1) is 0 Å². The molecule has 1 fully saturated rings. The summed E-state index contributed by atoms with van der Waals surface area (Å²) in [5, 5.41) is 5.06. The van der Waals surface area contributed by atoms with Crippen molar-refractivity contribution in [2.24, 2.45) is 0 Å². The van der Waals surface area contributed by atoms with Gasteiger partial charge in [0.05, 0.1) is 6.54 Å². The summed E-state index contributed by atoms with van der Waals surface area (Å²) in [7, 11) is 0. The van der Waals surface area contributed by atoms with Gasteiger partial charge in [-0.05, 0) is 38.8 Å².